The van der Waals surface area contributed by atoms with E-state index in [0.29, 0.717) is 0 Å². The smallest absolute Gasteiger partial charge is 0.269 e. The number of hydrogen-bond donors (Lipinski definition) is 0. The van der Waals surface area contributed by atoms with Crippen molar-refractivity contribution in [1.29, 1.82) is 0 Å². The van der Waals surface area contributed by atoms with E-state index in [9.17, 15) is 10.1 Å². The molecule has 21 heavy (non-hydrogen) atoms. The molecule has 0 saturated carbocycles. The van der Waals surface area contributed by atoms with Gasteiger partial charge in [0.2, 0.25) is 0 Å². The van der Waals surface area contributed by atoms with Gasteiger partial charge in [-0.1, -0.05) is 18.2 Å². The third-order valence-electron chi connectivity index (χ3n) is 2.58. The summed E-state index contributed by atoms with van der Waals surface area (Å²) in [7, 11) is 0. The van der Waals surface area contributed by atoms with Gasteiger partial charge in [-0.15, -0.1) is 0 Å². The number of aryl methyl sites for hydroxylation is 2. The molecule has 0 unspecified atom stereocenters. The van der Waals surface area contributed by atoms with Gasteiger partial charge in [0.1, 0.15) is 0 Å². The van der Waals surface area contributed by atoms with E-state index < -0.39 is 5.09 Å². The van der Waals surface area contributed by atoms with E-state index >= 15 is 0 Å². The maximum atomic E-state index is 10.5. The Balaban J connectivity index is 0.000000491. The second-order valence-corrected chi connectivity index (χ2v) is 4.01. The monoisotopic (exact) mass is 291 g/mol. The number of non-ortho nitro benzene ring substituents is 1. The van der Waals surface area contributed by atoms with Crippen molar-refractivity contribution < 1.29 is 14.6 Å². The van der Waals surface area contributed by atoms with Gasteiger partial charge in [0.25, 0.3) is 5.69 Å². The van der Waals surface area contributed by atoms with Gasteiger partial charge in [0.15, 0.2) is 18.9 Å². The molecule has 0 atom stereocenters. The highest BCUT2D eigenvalue weighted by molar-refractivity contribution is 5.32. The highest BCUT2D eigenvalue weighted by atomic mass is 16.9. The summed E-state index contributed by atoms with van der Waals surface area (Å²) < 4.78 is 2.08. The molecule has 110 valence electrons. The molecular weight excluding hydrogens is 278 g/mol. The predicted octanol–water partition coefficient (Wildman–Crippen LogP) is 1.89. The van der Waals surface area contributed by atoms with E-state index in [4.69, 9.17) is 15.3 Å². The predicted molar refractivity (Wildman–Crippen MR) is 73.8 cm³/mol. The second-order valence-electron chi connectivity index (χ2n) is 4.01. The van der Waals surface area contributed by atoms with E-state index in [1.165, 1.54) is 0 Å². The highest BCUT2D eigenvalue weighted by Crippen LogP contribution is 2.12. The molecule has 1 heterocycles. The summed E-state index contributed by atoms with van der Waals surface area (Å²) >= 11 is 0. The molecule has 0 radical (unpaired) electrons. The van der Waals surface area contributed by atoms with Crippen molar-refractivity contribution >= 4 is 5.69 Å². The summed E-state index contributed by atoms with van der Waals surface area (Å²) in [6.45, 7) is 0.874. The minimum absolute atomic E-state index is 0.140. The van der Waals surface area contributed by atoms with E-state index in [2.05, 4.69) is 4.57 Å². The Labute approximate surface area is 120 Å². The van der Waals surface area contributed by atoms with Gasteiger partial charge in [0.05, 0.1) is 10.0 Å². The van der Waals surface area contributed by atoms with Gasteiger partial charge in [-0.25, -0.2) is 4.57 Å². The molecule has 0 saturated heterocycles. The number of benzene rings is 1. The molecule has 8 nitrogen and oxygen atoms in total. The molecule has 0 aliphatic carbocycles. The third kappa shape index (κ3) is 6.62. The molecule has 1 aromatic heterocycles. The first-order chi connectivity index (χ1) is 9.99. The SMILES string of the molecule is O=[N+]([O-])[O-].O=[N+]([O-])c1ccc(CC[n+]2ccccc2)cc1. The number of nitrogens with zero attached hydrogens (tertiary/aromatic N) is 3. The molecule has 0 aliphatic heterocycles. The first-order valence-electron chi connectivity index (χ1n) is 5.98. The van der Waals surface area contributed by atoms with E-state index in [-0.39, 0.29) is 10.6 Å². The molecule has 8 heteroatoms. The second kappa shape index (κ2) is 8.20. The number of aromatic nitrogens is 1. The van der Waals surface area contributed by atoms with Crippen molar-refractivity contribution in [3.63, 3.8) is 0 Å². The minimum atomic E-state index is -1.75. The number of nitro groups is 1. The zero-order valence-electron chi connectivity index (χ0n) is 11.0. The summed E-state index contributed by atoms with van der Waals surface area (Å²) in [6.07, 6.45) is 4.88. The van der Waals surface area contributed by atoms with Gasteiger partial charge in [-0.3, -0.25) is 10.1 Å². The maximum Gasteiger partial charge on any atom is 0.269 e. The molecule has 0 amide bonds. The Morgan fingerprint density at radius 2 is 1.43 bits per heavy atom. The first-order valence-corrected chi connectivity index (χ1v) is 5.98. The fourth-order valence-corrected chi connectivity index (χ4v) is 1.63. The quantitative estimate of drug-likeness (QED) is 0.484. The molecule has 2 rings (SSSR count). The van der Waals surface area contributed by atoms with Crippen molar-refractivity contribution in [2.24, 2.45) is 0 Å². The Bertz CT molecular complexity index is 583. The summed E-state index contributed by atoms with van der Waals surface area (Å²) in [5.74, 6) is 0. The van der Waals surface area contributed by atoms with Gasteiger partial charge in [-0.05, 0) is 5.56 Å². The summed E-state index contributed by atoms with van der Waals surface area (Å²) in [5, 5.41) is 25.2. The van der Waals surface area contributed by atoms with E-state index in [1.807, 2.05) is 42.7 Å². The van der Waals surface area contributed by atoms with Crippen molar-refractivity contribution in [3.8, 4) is 0 Å². The Hall–Kier alpha value is -3.03. The molecule has 0 fully saturated rings. The van der Waals surface area contributed by atoms with Crippen LogP contribution in [0.2, 0.25) is 0 Å². The topological polar surface area (TPSA) is 113 Å². The lowest BCUT2D eigenvalue weighted by Crippen LogP contribution is -2.33. The lowest BCUT2D eigenvalue weighted by molar-refractivity contribution is -0.696. The van der Waals surface area contributed by atoms with Crippen molar-refractivity contribution in [2.75, 3.05) is 0 Å². The zero-order chi connectivity index (χ0) is 15.7. The van der Waals surface area contributed by atoms with Crippen LogP contribution < -0.4 is 4.57 Å². The molecule has 0 aliphatic rings. The lowest BCUT2D eigenvalue weighted by atomic mass is 10.1. The van der Waals surface area contributed by atoms with Crippen molar-refractivity contribution in [2.45, 2.75) is 13.0 Å². The number of nitro benzene ring substituents is 1. The Morgan fingerprint density at radius 1 is 0.905 bits per heavy atom. The summed E-state index contributed by atoms with van der Waals surface area (Å²) in [6, 6.07) is 12.6. The fraction of sp³-hybridized carbons (Fsp3) is 0.154. The normalized spacial score (nSPS) is 9.33. The molecule has 0 bridgehead atoms. The molecular formula is C13H13N3O5. The largest absolute Gasteiger partial charge is 0.356 e. The Morgan fingerprint density at radius 3 is 1.90 bits per heavy atom. The third-order valence-corrected chi connectivity index (χ3v) is 2.58. The highest BCUT2D eigenvalue weighted by Gasteiger charge is 2.05. The van der Waals surface area contributed by atoms with Crippen LogP contribution in [0.25, 0.3) is 0 Å². The van der Waals surface area contributed by atoms with Crippen molar-refractivity contribution in [1.82, 2.24) is 0 Å². The van der Waals surface area contributed by atoms with Gasteiger partial charge < -0.3 is 15.3 Å². The van der Waals surface area contributed by atoms with Gasteiger partial charge in [-0.2, -0.15) is 0 Å². The van der Waals surface area contributed by atoms with Crippen LogP contribution in [0.15, 0.2) is 54.9 Å². The lowest BCUT2D eigenvalue weighted by Gasteiger charge is -1.98. The van der Waals surface area contributed by atoms with Crippen LogP contribution in [0, 0.1) is 25.4 Å². The number of rotatable bonds is 4. The number of hydrogen-bond acceptors (Lipinski definition) is 5. The van der Waals surface area contributed by atoms with Crippen LogP contribution in [0.4, 0.5) is 5.69 Å². The average molecular weight is 291 g/mol. The molecule has 0 spiro atoms. The molecule has 1 aromatic carbocycles. The summed E-state index contributed by atoms with van der Waals surface area (Å²) in [4.78, 5) is 18.4. The van der Waals surface area contributed by atoms with Crippen molar-refractivity contribution in [3.05, 3.63) is 85.9 Å². The maximum absolute atomic E-state index is 10.5. The fourth-order valence-electron chi connectivity index (χ4n) is 1.63. The molecule has 0 N–H and O–H groups in total. The Kier molecular flexibility index (Phi) is 6.26. The zero-order valence-corrected chi connectivity index (χ0v) is 11.0. The van der Waals surface area contributed by atoms with Crippen LogP contribution in [0.5, 0.6) is 0 Å². The van der Waals surface area contributed by atoms with Crippen LogP contribution in [0.3, 0.4) is 0 Å². The summed E-state index contributed by atoms with van der Waals surface area (Å²) in [5.41, 5.74) is 1.24. The van der Waals surface area contributed by atoms with Crippen LogP contribution in [0.1, 0.15) is 5.56 Å². The minimum Gasteiger partial charge on any atom is -0.356 e. The van der Waals surface area contributed by atoms with Crippen LogP contribution in [-0.4, -0.2) is 10.0 Å². The number of pyridine rings is 1. The van der Waals surface area contributed by atoms with Crippen LogP contribution in [-0.2, 0) is 13.0 Å². The first kappa shape index (κ1) is 16.0. The molecule has 2 aromatic rings. The van der Waals surface area contributed by atoms with Crippen LogP contribution >= 0.6 is 0 Å². The standard InChI is InChI=1S/C13H13N2O2.NO3/c16-15(17)13-6-4-12(5-7-13)8-11-14-9-2-1-3-10-14;2-1(3)4/h1-7,9-10H,8,11H2;/q+1;-1. The van der Waals surface area contributed by atoms with E-state index in [0.717, 1.165) is 18.5 Å². The average Bonchev–Trinajstić information content (AvgIpc) is 2.46. The van der Waals surface area contributed by atoms with Gasteiger partial charge >= 0.3 is 0 Å². The van der Waals surface area contributed by atoms with E-state index in [1.54, 1.807) is 12.1 Å². The van der Waals surface area contributed by atoms with Gasteiger partial charge in [0, 0.05) is 30.7 Å².